The van der Waals surface area contributed by atoms with Crippen molar-refractivity contribution in [2.24, 2.45) is 5.92 Å². The van der Waals surface area contributed by atoms with Crippen LogP contribution in [-0.4, -0.2) is 44.5 Å². The third kappa shape index (κ3) is 7.56. The Hall–Kier alpha value is -3.39. The summed E-state index contributed by atoms with van der Waals surface area (Å²) in [5.41, 5.74) is 2.57. The van der Waals surface area contributed by atoms with Gasteiger partial charge in [-0.1, -0.05) is 13.8 Å². The van der Waals surface area contributed by atoms with Crippen molar-refractivity contribution < 1.29 is 19.1 Å². The van der Waals surface area contributed by atoms with E-state index in [1.807, 2.05) is 13.8 Å². The van der Waals surface area contributed by atoms with Crippen LogP contribution in [0.2, 0.25) is 0 Å². The summed E-state index contributed by atoms with van der Waals surface area (Å²) >= 11 is 0. The maximum Gasteiger partial charge on any atom is 0.251 e. The molecule has 0 aliphatic rings. The van der Waals surface area contributed by atoms with Crippen molar-refractivity contribution in [2.75, 3.05) is 42.8 Å². The first-order chi connectivity index (χ1) is 14.4. The van der Waals surface area contributed by atoms with Gasteiger partial charge in [0, 0.05) is 42.2 Å². The van der Waals surface area contributed by atoms with E-state index >= 15 is 0 Å². The number of nitrogens with one attached hydrogen (secondary N) is 4. The Bertz CT molecular complexity index is 848. The van der Waals surface area contributed by atoms with Gasteiger partial charge in [-0.2, -0.15) is 0 Å². The second-order valence-corrected chi connectivity index (χ2v) is 6.95. The first-order valence-electron chi connectivity index (χ1n) is 9.71. The lowest BCUT2D eigenvalue weighted by molar-refractivity contribution is -0.119. The highest BCUT2D eigenvalue weighted by Crippen LogP contribution is 2.15. The van der Waals surface area contributed by atoms with E-state index in [1.165, 1.54) is 0 Å². The molecule has 2 aromatic carbocycles. The molecule has 0 atom stereocenters. The SMILES string of the molecule is COCCNC(=O)c1ccc(NC(=O)CNc2ccc(NC(=O)C(C)C)cc2)cc1. The highest BCUT2D eigenvalue weighted by atomic mass is 16.5. The van der Waals surface area contributed by atoms with Crippen LogP contribution in [0.15, 0.2) is 48.5 Å². The summed E-state index contributed by atoms with van der Waals surface area (Å²) < 4.78 is 4.89. The Morgan fingerprint density at radius 1 is 0.867 bits per heavy atom. The molecule has 4 N–H and O–H groups in total. The molecule has 0 bridgehead atoms. The van der Waals surface area contributed by atoms with E-state index in [0.29, 0.717) is 30.1 Å². The molecular formula is C22H28N4O4. The number of rotatable bonds is 10. The number of carbonyl (C=O) groups excluding carboxylic acids is 3. The quantitative estimate of drug-likeness (QED) is 0.449. The molecule has 0 radical (unpaired) electrons. The lowest BCUT2D eigenvalue weighted by atomic mass is 10.2. The van der Waals surface area contributed by atoms with Gasteiger partial charge in [-0.15, -0.1) is 0 Å². The smallest absolute Gasteiger partial charge is 0.251 e. The van der Waals surface area contributed by atoms with Crippen LogP contribution < -0.4 is 21.3 Å². The first kappa shape index (κ1) is 22.9. The minimum absolute atomic E-state index is 0.0476. The number of benzene rings is 2. The van der Waals surface area contributed by atoms with E-state index in [9.17, 15) is 14.4 Å². The fraction of sp³-hybridized carbons (Fsp3) is 0.318. The molecule has 0 heterocycles. The summed E-state index contributed by atoms with van der Waals surface area (Å²) in [6.45, 7) is 4.62. The van der Waals surface area contributed by atoms with Crippen LogP contribution in [0.25, 0.3) is 0 Å². The van der Waals surface area contributed by atoms with E-state index in [-0.39, 0.29) is 30.2 Å². The highest BCUT2D eigenvalue weighted by Gasteiger charge is 2.08. The third-order valence-electron chi connectivity index (χ3n) is 4.15. The van der Waals surface area contributed by atoms with Crippen molar-refractivity contribution in [1.29, 1.82) is 0 Å². The van der Waals surface area contributed by atoms with Crippen molar-refractivity contribution in [1.82, 2.24) is 5.32 Å². The van der Waals surface area contributed by atoms with Crippen molar-refractivity contribution in [3.63, 3.8) is 0 Å². The second-order valence-electron chi connectivity index (χ2n) is 6.95. The standard InChI is InChI=1S/C22H28N4O4/c1-15(2)21(28)26-19-10-8-17(9-11-19)24-14-20(27)25-18-6-4-16(5-7-18)22(29)23-12-13-30-3/h4-11,15,24H,12-14H2,1-3H3,(H,23,29)(H,25,27)(H,26,28). The maximum atomic E-state index is 12.1. The Labute approximate surface area is 176 Å². The van der Waals surface area contributed by atoms with Gasteiger partial charge in [-0.05, 0) is 48.5 Å². The van der Waals surface area contributed by atoms with Crippen LogP contribution in [0, 0.1) is 5.92 Å². The molecule has 2 rings (SSSR count). The molecule has 0 aliphatic carbocycles. The summed E-state index contributed by atoms with van der Waals surface area (Å²) in [5.74, 6) is -0.553. The second kappa shape index (κ2) is 11.6. The Morgan fingerprint density at radius 2 is 1.43 bits per heavy atom. The van der Waals surface area contributed by atoms with Gasteiger partial charge in [0.15, 0.2) is 0 Å². The maximum absolute atomic E-state index is 12.1. The summed E-state index contributed by atoms with van der Waals surface area (Å²) in [5, 5.41) is 11.3. The third-order valence-corrected chi connectivity index (χ3v) is 4.15. The zero-order valence-electron chi connectivity index (χ0n) is 17.5. The lowest BCUT2D eigenvalue weighted by Gasteiger charge is -2.10. The molecule has 0 aliphatic heterocycles. The molecule has 0 spiro atoms. The van der Waals surface area contributed by atoms with Crippen LogP contribution in [0.1, 0.15) is 24.2 Å². The van der Waals surface area contributed by atoms with E-state index in [4.69, 9.17) is 4.74 Å². The molecule has 0 saturated heterocycles. The van der Waals surface area contributed by atoms with Gasteiger partial charge in [-0.3, -0.25) is 14.4 Å². The minimum Gasteiger partial charge on any atom is -0.383 e. The Balaban J connectivity index is 1.79. The van der Waals surface area contributed by atoms with Gasteiger partial charge in [0.25, 0.3) is 5.91 Å². The number of methoxy groups -OCH3 is 1. The summed E-state index contributed by atoms with van der Waals surface area (Å²) in [6, 6.07) is 13.8. The topological polar surface area (TPSA) is 109 Å². The van der Waals surface area contributed by atoms with Gasteiger partial charge in [-0.25, -0.2) is 0 Å². The van der Waals surface area contributed by atoms with E-state index in [1.54, 1.807) is 55.6 Å². The van der Waals surface area contributed by atoms with Crippen LogP contribution >= 0.6 is 0 Å². The van der Waals surface area contributed by atoms with Gasteiger partial charge in [0.1, 0.15) is 0 Å². The zero-order chi connectivity index (χ0) is 21.9. The zero-order valence-corrected chi connectivity index (χ0v) is 17.5. The average Bonchev–Trinajstić information content (AvgIpc) is 2.73. The largest absolute Gasteiger partial charge is 0.383 e. The van der Waals surface area contributed by atoms with Crippen LogP contribution in [-0.2, 0) is 14.3 Å². The summed E-state index contributed by atoms with van der Waals surface area (Å²) in [6.07, 6.45) is 0. The number of amides is 3. The minimum atomic E-state index is -0.218. The lowest BCUT2D eigenvalue weighted by Crippen LogP contribution is -2.27. The van der Waals surface area contributed by atoms with Gasteiger partial charge in [0.05, 0.1) is 13.2 Å². The van der Waals surface area contributed by atoms with E-state index in [2.05, 4.69) is 21.3 Å². The number of ether oxygens (including phenoxy) is 1. The highest BCUT2D eigenvalue weighted by molar-refractivity contribution is 5.96. The monoisotopic (exact) mass is 412 g/mol. The van der Waals surface area contributed by atoms with Gasteiger partial charge in [0.2, 0.25) is 11.8 Å². The molecule has 0 saturated carbocycles. The molecule has 8 nitrogen and oxygen atoms in total. The molecule has 3 amide bonds. The Kier molecular flexibility index (Phi) is 8.83. The van der Waals surface area contributed by atoms with Crippen molar-refractivity contribution in [3.05, 3.63) is 54.1 Å². The van der Waals surface area contributed by atoms with Crippen LogP contribution in [0.3, 0.4) is 0 Å². The summed E-state index contributed by atoms with van der Waals surface area (Å²) in [7, 11) is 1.57. The molecule has 8 heteroatoms. The summed E-state index contributed by atoms with van der Waals surface area (Å²) in [4.78, 5) is 35.8. The number of carbonyl (C=O) groups is 3. The van der Waals surface area contributed by atoms with Crippen LogP contribution in [0.5, 0.6) is 0 Å². The Morgan fingerprint density at radius 3 is 2.03 bits per heavy atom. The molecule has 0 aromatic heterocycles. The number of hydrogen-bond acceptors (Lipinski definition) is 5. The van der Waals surface area contributed by atoms with E-state index < -0.39 is 0 Å². The molecule has 160 valence electrons. The molecule has 30 heavy (non-hydrogen) atoms. The normalized spacial score (nSPS) is 10.4. The molecule has 2 aromatic rings. The molecule has 0 unspecified atom stereocenters. The van der Waals surface area contributed by atoms with Crippen molar-refractivity contribution in [3.8, 4) is 0 Å². The van der Waals surface area contributed by atoms with Crippen molar-refractivity contribution >= 4 is 34.8 Å². The molecular weight excluding hydrogens is 384 g/mol. The number of hydrogen-bond donors (Lipinski definition) is 4. The fourth-order valence-electron chi connectivity index (χ4n) is 2.42. The first-order valence-corrected chi connectivity index (χ1v) is 9.71. The number of anilines is 3. The van der Waals surface area contributed by atoms with Crippen molar-refractivity contribution in [2.45, 2.75) is 13.8 Å². The van der Waals surface area contributed by atoms with Gasteiger partial charge >= 0.3 is 0 Å². The van der Waals surface area contributed by atoms with E-state index in [0.717, 1.165) is 5.69 Å². The molecule has 0 fully saturated rings. The predicted molar refractivity (Wildman–Crippen MR) is 118 cm³/mol. The van der Waals surface area contributed by atoms with Crippen LogP contribution in [0.4, 0.5) is 17.1 Å². The predicted octanol–water partition coefficient (Wildman–Crippen LogP) is 2.71. The fourth-order valence-corrected chi connectivity index (χ4v) is 2.42. The average molecular weight is 412 g/mol. The van der Waals surface area contributed by atoms with Gasteiger partial charge < -0.3 is 26.0 Å².